The van der Waals surface area contributed by atoms with Crippen molar-refractivity contribution in [3.8, 4) is 0 Å². The van der Waals surface area contributed by atoms with Crippen molar-refractivity contribution in [2.24, 2.45) is 5.73 Å². The Hall–Kier alpha value is -3.53. The Labute approximate surface area is 223 Å². The Bertz CT molecular complexity index is 1310. The first-order valence-electron chi connectivity index (χ1n) is 12.7. The predicted molar refractivity (Wildman–Crippen MR) is 145 cm³/mol. The number of amides is 2. The van der Waals surface area contributed by atoms with Crippen LogP contribution >= 0.6 is 0 Å². The molecule has 38 heavy (non-hydrogen) atoms. The van der Waals surface area contributed by atoms with Gasteiger partial charge in [-0.1, -0.05) is 60.7 Å². The number of nitrogens with one attached hydrogen (secondary N) is 1. The number of rotatable bonds is 10. The minimum absolute atomic E-state index is 0.0609. The second-order valence-electron chi connectivity index (χ2n) is 9.29. The van der Waals surface area contributed by atoms with Gasteiger partial charge < -0.3 is 20.7 Å². The molecule has 0 saturated carbocycles. The molecule has 1 unspecified atom stereocenters. The Kier molecular flexibility index (Phi) is 9.28. The molecule has 1 aliphatic heterocycles. The molecule has 0 bridgehead atoms. The van der Waals surface area contributed by atoms with Gasteiger partial charge in [-0.15, -0.1) is 0 Å². The SMILES string of the molecule is N[C@@H](Cc1ccc(C(=O)N2CCOCC2)cc1)C(=O)NC(CCc1ccccc1)S(=O)(=O)c1ccccc1. The maximum absolute atomic E-state index is 13.4. The quantitative estimate of drug-likeness (QED) is 0.412. The summed E-state index contributed by atoms with van der Waals surface area (Å²) in [5.74, 6) is -0.606. The van der Waals surface area contributed by atoms with Crippen molar-refractivity contribution in [1.82, 2.24) is 10.2 Å². The molecule has 8 nitrogen and oxygen atoms in total. The van der Waals surface area contributed by atoms with E-state index >= 15 is 0 Å². The van der Waals surface area contributed by atoms with E-state index in [4.69, 9.17) is 10.5 Å². The van der Waals surface area contributed by atoms with Crippen molar-refractivity contribution < 1.29 is 22.7 Å². The van der Waals surface area contributed by atoms with Gasteiger partial charge >= 0.3 is 0 Å². The third-order valence-corrected chi connectivity index (χ3v) is 8.61. The number of hydrogen-bond acceptors (Lipinski definition) is 6. The molecule has 1 fully saturated rings. The fourth-order valence-electron chi connectivity index (χ4n) is 4.37. The van der Waals surface area contributed by atoms with Gasteiger partial charge in [0.1, 0.15) is 5.37 Å². The van der Waals surface area contributed by atoms with Gasteiger partial charge in [0.25, 0.3) is 5.91 Å². The van der Waals surface area contributed by atoms with Crippen LogP contribution in [0.2, 0.25) is 0 Å². The first-order chi connectivity index (χ1) is 18.3. The third-order valence-electron chi connectivity index (χ3n) is 6.58. The van der Waals surface area contributed by atoms with Crippen LogP contribution in [0.5, 0.6) is 0 Å². The number of hydrogen-bond donors (Lipinski definition) is 2. The van der Waals surface area contributed by atoms with Crippen LogP contribution < -0.4 is 11.1 Å². The average Bonchev–Trinajstić information content (AvgIpc) is 2.96. The van der Waals surface area contributed by atoms with Crippen LogP contribution in [-0.4, -0.2) is 62.9 Å². The van der Waals surface area contributed by atoms with Gasteiger partial charge in [0, 0.05) is 18.7 Å². The fraction of sp³-hybridized carbons (Fsp3) is 0.310. The second kappa shape index (κ2) is 12.8. The van der Waals surface area contributed by atoms with Crippen molar-refractivity contribution in [3.63, 3.8) is 0 Å². The highest BCUT2D eigenvalue weighted by molar-refractivity contribution is 7.92. The molecule has 1 heterocycles. The summed E-state index contributed by atoms with van der Waals surface area (Å²) in [6, 6.07) is 23.7. The van der Waals surface area contributed by atoms with E-state index in [-0.39, 0.29) is 23.6 Å². The Morgan fingerprint density at radius 3 is 2.11 bits per heavy atom. The lowest BCUT2D eigenvalue weighted by atomic mass is 10.0. The predicted octanol–water partition coefficient (Wildman–Crippen LogP) is 2.58. The zero-order valence-corrected chi connectivity index (χ0v) is 22.0. The Morgan fingerprint density at radius 1 is 0.868 bits per heavy atom. The normalized spacial score (nSPS) is 15.4. The zero-order valence-electron chi connectivity index (χ0n) is 21.2. The molecule has 0 aromatic heterocycles. The standard InChI is InChI=1S/C29H33N3O5S/c30-26(21-23-11-14-24(15-12-23)29(34)32-17-19-37-20-18-32)28(33)31-27(16-13-22-7-3-1-4-8-22)38(35,36)25-9-5-2-6-10-25/h1-12,14-15,26-27H,13,16-21,30H2,(H,31,33)/t26-,27?/m0/s1. The lowest BCUT2D eigenvalue weighted by Gasteiger charge is -2.27. The maximum atomic E-state index is 13.4. The molecule has 0 aliphatic carbocycles. The maximum Gasteiger partial charge on any atom is 0.254 e. The third kappa shape index (κ3) is 7.06. The number of carbonyl (C=O) groups excluding carboxylic acids is 2. The summed E-state index contributed by atoms with van der Waals surface area (Å²) in [5.41, 5.74) is 8.52. The largest absolute Gasteiger partial charge is 0.378 e. The van der Waals surface area contributed by atoms with Crippen LogP contribution in [0.1, 0.15) is 27.9 Å². The number of benzene rings is 3. The first kappa shape index (κ1) is 27.5. The van der Waals surface area contributed by atoms with E-state index in [2.05, 4.69) is 5.32 Å². The monoisotopic (exact) mass is 535 g/mol. The number of aryl methyl sites for hydroxylation is 1. The number of morpholine rings is 1. The summed E-state index contributed by atoms with van der Waals surface area (Å²) in [6.45, 7) is 2.17. The summed E-state index contributed by atoms with van der Waals surface area (Å²) in [4.78, 5) is 27.6. The van der Waals surface area contributed by atoms with Crippen molar-refractivity contribution in [2.45, 2.75) is 35.6 Å². The molecule has 2 atom stereocenters. The van der Waals surface area contributed by atoms with Gasteiger partial charge in [0.2, 0.25) is 5.91 Å². The van der Waals surface area contributed by atoms with Crippen LogP contribution in [0.3, 0.4) is 0 Å². The summed E-state index contributed by atoms with van der Waals surface area (Å²) in [7, 11) is -3.84. The molecule has 1 saturated heterocycles. The van der Waals surface area contributed by atoms with E-state index in [1.807, 2.05) is 30.3 Å². The van der Waals surface area contributed by atoms with Crippen molar-refractivity contribution in [1.29, 1.82) is 0 Å². The lowest BCUT2D eigenvalue weighted by molar-refractivity contribution is -0.122. The molecule has 2 amide bonds. The summed E-state index contributed by atoms with van der Waals surface area (Å²) in [6.07, 6.45) is 0.887. The number of ether oxygens (including phenoxy) is 1. The van der Waals surface area contributed by atoms with Gasteiger partial charge in [-0.25, -0.2) is 8.42 Å². The molecule has 1 aliphatic rings. The lowest BCUT2D eigenvalue weighted by Crippen LogP contribution is -2.49. The molecular weight excluding hydrogens is 502 g/mol. The van der Waals surface area contributed by atoms with Gasteiger partial charge in [-0.05, 0) is 54.7 Å². The van der Waals surface area contributed by atoms with Gasteiger partial charge in [-0.2, -0.15) is 0 Å². The molecule has 3 aromatic carbocycles. The highest BCUT2D eigenvalue weighted by atomic mass is 32.2. The van der Waals surface area contributed by atoms with Crippen LogP contribution in [0.4, 0.5) is 0 Å². The van der Waals surface area contributed by atoms with Gasteiger partial charge in [-0.3, -0.25) is 9.59 Å². The fourth-order valence-corrected chi connectivity index (χ4v) is 5.93. The minimum Gasteiger partial charge on any atom is -0.378 e. The molecular formula is C29H33N3O5S. The van der Waals surface area contributed by atoms with Gasteiger partial charge in [0.15, 0.2) is 9.84 Å². The second-order valence-corrected chi connectivity index (χ2v) is 11.4. The molecule has 3 aromatic rings. The average molecular weight is 536 g/mol. The molecule has 4 rings (SSSR count). The molecule has 0 spiro atoms. The van der Waals surface area contributed by atoms with Crippen LogP contribution in [0, 0.1) is 0 Å². The van der Waals surface area contributed by atoms with E-state index in [0.717, 1.165) is 11.1 Å². The molecule has 9 heteroatoms. The zero-order chi connectivity index (χ0) is 27.0. The number of sulfone groups is 1. The van der Waals surface area contributed by atoms with Crippen LogP contribution in [0.25, 0.3) is 0 Å². The molecule has 3 N–H and O–H groups in total. The Morgan fingerprint density at radius 2 is 1.47 bits per heavy atom. The highest BCUT2D eigenvalue weighted by Gasteiger charge is 2.30. The minimum atomic E-state index is -3.84. The molecule has 200 valence electrons. The number of nitrogens with two attached hydrogens (primary N) is 1. The molecule has 0 radical (unpaired) electrons. The van der Waals surface area contributed by atoms with Gasteiger partial charge in [0.05, 0.1) is 24.2 Å². The van der Waals surface area contributed by atoms with Crippen molar-refractivity contribution in [3.05, 3.63) is 102 Å². The van der Waals surface area contributed by atoms with E-state index in [0.29, 0.717) is 38.3 Å². The smallest absolute Gasteiger partial charge is 0.254 e. The van der Waals surface area contributed by atoms with Crippen molar-refractivity contribution in [2.75, 3.05) is 26.3 Å². The summed E-state index contributed by atoms with van der Waals surface area (Å²) in [5, 5.41) is 1.57. The highest BCUT2D eigenvalue weighted by Crippen LogP contribution is 2.19. The number of nitrogens with zero attached hydrogens (tertiary/aromatic N) is 1. The Balaban J connectivity index is 1.42. The first-order valence-corrected chi connectivity index (χ1v) is 14.2. The van der Waals surface area contributed by atoms with Crippen molar-refractivity contribution >= 4 is 21.7 Å². The van der Waals surface area contributed by atoms with E-state index < -0.39 is 27.2 Å². The van der Waals surface area contributed by atoms with E-state index in [1.165, 1.54) is 12.1 Å². The van der Waals surface area contributed by atoms with E-state index in [9.17, 15) is 18.0 Å². The van der Waals surface area contributed by atoms with E-state index in [1.54, 1.807) is 47.4 Å². The topological polar surface area (TPSA) is 119 Å². The van der Waals surface area contributed by atoms with Crippen LogP contribution in [-0.2, 0) is 32.2 Å². The summed E-state index contributed by atoms with van der Waals surface area (Å²) >= 11 is 0. The summed E-state index contributed by atoms with van der Waals surface area (Å²) < 4.78 is 32.1. The van der Waals surface area contributed by atoms with Crippen LogP contribution in [0.15, 0.2) is 89.8 Å². The number of carbonyl (C=O) groups is 2.